The second kappa shape index (κ2) is 8.89. The molecule has 0 saturated carbocycles. The lowest BCUT2D eigenvalue weighted by Gasteiger charge is -2.18. The Morgan fingerprint density at radius 3 is 2.54 bits per heavy atom. The molecular formula is C20H23BrN4O2S. The van der Waals surface area contributed by atoms with Gasteiger partial charge < -0.3 is 5.32 Å². The fourth-order valence-corrected chi connectivity index (χ4v) is 4.56. The van der Waals surface area contributed by atoms with Gasteiger partial charge in [0.1, 0.15) is 5.69 Å². The van der Waals surface area contributed by atoms with Gasteiger partial charge in [-0.3, -0.25) is 19.2 Å². The Morgan fingerprint density at radius 2 is 1.93 bits per heavy atom. The average molecular weight is 463 g/mol. The highest BCUT2D eigenvalue weighted by molar-refractivity contribution is 9.11. The standard InChI is InChI=1S/C20H23BrN4O2S/c1-4-24(12-16-10-11-17(21)28-16)13-18(26)22-19-14(2)23(3)25(20(19)27)15-8-6-5-7-9-15/h5-11H,4,12-13H2,1-3H3,(H,22,26). The Balaban J connectivity index is 1.76. The van der Waals surface area contributed by atoms with Crippen LogP contribution in [0.2, 0.25) is 0 Å². The lowest BCUT2D eigenvalue weighted by atomic mass is 10.3. The first-order valence-electron chi connectivity index (χ1n) is 9.01. The number of carbonyl (C=O) groups is 1. The molecule has 1 N–H and O–H groups in total. The van der Waals surface area contributed by atoms with Gasteiger partial charge in [0.15, 0.2) is 0 Å². The number of thiophene rings is 1. The topological polar surface area (TPSA) is 59.3 Å². The zero-order valence-electron chi connectivity index (χ0n) is 16.1. The van der Waals surface area contributed by atoms with E-state index in [1.807, 2.05) is 62.2 Å². The maximum absolute atomic E-state index is 12.9. The van der Waals surface area contributed by atoms with E-state index in [9.17, 15) is 9.59 Å². The van der Waals surface area contributed by atoms with Crippen LogP contribution < -0.4 is 10.9 Å². The van der Waals surface area contributed by atoms with Crippen LogP contribution in [-0.4, -0.2) is 33.3 Å². The number of hydrogen-bond acceptors (Lipinski definition) is 4. The number of amides is 1. The predicted molar refractivity (Wildman–Crippen MR) is 117 cm³/mol. The summed E-state index contributed by atoms with van der Waals surface area (Å²) in [6.45, 7) is 5.52. The van der Waals surface area contributed by atoms with Gasteiger partial charge in [-0.25, -0.2) is 4.68 Å². The molecule has 0 unspecified atom stereocenters. The van der Waals surface area contributed by atoms with Gasteiger partial charge in [0.2, 0.25) is 5.91 Å². The van der Waals surface area contributed by atoms with Crippen molar-refractivity contribution in [3.05, 3.63) is 67.2 Å². The minimum absolute atomic E-state index is 0.191. The Kier molecular flexibility index (Phi) is 6.53. The van der Waals surface area contributed by atoms with Crippen LogP contribution in [-0.2, 0) is 18.4 Å². The molecule has 0 radical (unpaired) electrons. The lowest BCUT2D eigenvalue weighted by Crippen LogP contribution is -2.33. The third kappa shape index (κ3) is 4.45. The minimum atomic E-state index is -0.232. The van der Waals surface area contributed by atoms with Crippen molar-refractivity contribution in [3.8, 4) is 5.69 Å². The summed E-state index contributed by atoms with van der Waals surface area (Å²) in [6, 6.07) is 13.4. The smallest absolute Gasteiger partial charge is 0.295 e. The largest absolute Gasteiger partial charge is 0.319 e. The molecule has 6 nitrogen and oxygen atoms in total. The van der Waals surface area contributed by atoms with Crippen molar-refractivity contribution < 1.29 is 4.79 Å². The second-order valence-corrected chi connectivity index (χ2v) is 9.04. The van der Waals surface area contributed by atoms with E-state index in [4.69, 9.17) is 0 Å². The second-order valence-electron chi connectivity index (χ2n) is 6.49. The number of halogens is 1. The summed E-state index contributed by atoms with van der Waals surface area (Å²) in [7, 11) is 1.81. The van der Waals surface area contributed by atoms with E-state index in [0.29, 0.717) is 17.9 Å². The molecule has 28 heavy (non-hydrogen) atoms. The van der Waals surface area contributed by atoms with Crippen molar-refractivity contribution in [2.45, 2.75) is 20.4 Å². The minimum Gasteiger partial charge on any atom is -0.319 e. The van der Waals surface area contributed by atoms with Crippen molar-refractivity contribution in [1.82, 2.24) is 14.3 Å². The third-order valence-corrected chi connectivity index (χ3v) is 6.25. The molecule has 0 fully saturated rings. The zero-order valence-corrected chi connectivity index (χ0v) is 18.5. The van der Waals surface area contributed by atoms with Gasteiger partial charge in [0, 0.05) is 18.5 Å². The highest BCUT2D eigenvalue weighted by atomic mass is 79.9. The molecule has 148 valence electrons. The van der Waals surface area contributed by atoms with Gasteiger partial charge >= 0.3 is 0 Å². The first-order chi connectivity index (χ1) is 13.4. The number of benzene rings is 1. The summed E-state index contributed by atoms with van der Waals surface area (Å²) in [4.78, 5) is 28.8. The molecule has 0 aliphatic heterocycles. The summed E-state index contributed by atoms with van der Waals surface area (Å²) in [5, 5.41) is 2.82. The molecule has 8 heteroatoms. The van der Waals surface area contributed by atoms with Gasteiger partial charge in [-0.05, 0) is 53.7 Å². The quantitative estimate of drug-likeness (QED) is 0.581. The fraction of sp³-hybridized carbons (Fsp3) is 0.300. The molecule has 0 aliphatic carbocycles. The molecule has 0 aliphatic rings. The number of carbonyl (C=O) groups excluding carboxylic acids is 1. The number of nitrogens with one attached hydrogen (secondary N) is 1. The van der Waals surface area contributed by atoms with Crippen LogP contribution in [0, 0.1) is 6.92 Å². The molecule has 3 rings (SSSR count). The van der Waals surface area contributed by atoms with Crippen molar-refractivity contribution in [1.29, 1.82) is 0 Å². The van der Waals surface area contributed by atoms with E-state index in [2.05, 4.69) is 27.3 Å². The Hall–Kier alpha value is -2.16. The number of aromatic nitrogens is 2. The van der Waals surface area contributed by atoms with Crippen molar-refractivity contribution in [3.63, 3.8) is 0 Å². The van der Waals surface area contributed by atoms with Crippen molar-refractivity contribution in [2.75, 3.05) is 18.4 Å². The van der Waals surface area contributed by atoms with E-state index in [1.165, 1.54) is 4.88 Å². The van der Waals surface area contributed by atoms with Crippen molar-refractivity contribution >= 4 is 38.9 Å². The van der Waals surface area contributed by atoms with Crippen LogP contribution in [0.25, 0.3) is 5.69 Å². The zero-order chi connectivity index (χ0) is 20.3. The normalized spacial score (nSPS) is 11.2. The van der Waals surface area contributed by atoms with E-state index in [0.717, 1.165) is 16.0 Å². The molecule has 0 atom stereocenters. The number of likely N-dealkylation sites (N-methyl/N-ethyl adjacent to an activating group) is 1. The SMILES string of the molecule is CCN(CC(=O)Nc1c(C)n(C)n(-c2ccccc2)c1=O)Cc1ccc(Br)s1. The van der Waals surface area contributed by atoms with Gasteiger partial charge in [-0.2, -0.15) is 0 Å². The van der Waals surface area contributed by atoms with E-state index in [1.54, 1.807) is 20.7 Å². The summed E-state index contributed by atoms with van der Waals surface area (Å²) in [5.41, 5.74) is 1.57. The highest BCUT2D eigenvalue weighted by Gasteiger charge is 2.19. The number of rotatable bonds is 7. The van der Waals surface area contributed by atoms with Gasteiger partial charge in [-0.1, -0.05) is 25.1 Å². The maximum Gasteiger partial charge on any atom is 0.295 e. The third-order valence-electron chi connectivity index (χ3n) is 4.64. The van der Waals surface area contributed by atoms with Gasteiger partial charge in [0.05, 0.1) is 21.7 Å². The number of nitrogens with zero attached hydrogens (tertiary/aromatic N) is 3. The number of hydrogen-bond donors (Lipinski definition) is 1. The van der Waals surface area contributed by atoms with Crippen LogP contribution >= 0.6 is 27.3 Å². The van der Waals surface area contributed by atoms with E-state index >= 15 is 0 Å². The molecule has 1 aromatic carbocycles. The molecule has 0 bridgehead atoms. The Morgan fingerprint density at radius 1 is 1.21 bits per heavy atom. The predicted octanol–water partition coefficient (Wildman–Crippen LogP) is 3.77. The summed E-state index contributed by atoms with van der Waals surface area (Å²) < 4.78 is 4.39. The highest BCUT2D eigenvalue weighted by Crippen LogP contribution is 2.23. The van der Waals surface area contributed by atoms with Crippen LogP contribution in [0.5, 0.6) is 0 Å². The van der Waals surface area contributed by atoms with Crippen LogP contribution in [0.4, 0.5) is 5.69 Å². The summed E-state index contributed by atoms with van der Waals surface area (Å²) >= 11 is 5.12. The fourth-order valence-electron chi connectivity index (χ4n) is 3.03. The van der Waals surface area contributed by atoms with Crippen molar-refractivity contribution in [2.24, 2.45) is 7.05 Å². The molecule has 2 aromatic heterocycles. The summed E-state index contributed by atoms with van der Waals surface area (Å²) in [5.74, 6) is -0.191. The van der Waals surface area contributed by atoms with Gasteiger partial charge in [0.25, 0.3) is 5.56 Å². The molecule has 2 heterocycles. The number of para-hydroxylation sites is 1. The first-order valence-corrected chi connectivity index (χ1v) is 10.6. The molecule has 0 spiro atoms. The first kappa shape index (κ1) is 20.6. The van der Waals surface area contributed by atoms with E-state index < -0.39 is 0 Å². The average Bonchev–Trinajstić information content (AvgIpc) is 3.18. The monoisotopic (exact) mass is 462 g/mol. The Labute approximate surface area is 176 Å². The molecule has 1 amide bonds. The summed E-state index contributed by atoms with van der Waals surface area (Å²) in [6.07, 6.45) is 0. The molecule has 0 saturated heterocycles. The molecular weight excluding hydrogens is 440 g/mol. The van der Waals surface area contributed by atoms with E-state index in [-0.39, 0.29) is 18.0 Å². The Bertz CT molecular complexity index is 1020. The maximum atomic E-state index is 12.9. The number of anilines is 1. The van der Waals surface area contributed by atoms with Crippen LogP contribution in [0.15, 0.2) is 51.0 Å². The van der Waals surface area contributed by atoms with Crippen LogP contribution in [0.1, 0.15) is 17.5 Å². The van der Waals surface area contributed by atoms with Gasteiger partial charge in [-0.15, -0.1) is 11.3 Å². The lowest BCUT2D eigenvalue weighted by molar-refractivity contribution is -0.117. The molecule has 3 aromatic rings. The van der Waals surface area contributed by atoms with Crippen LogP contribution in [0.3, 0.4) is 0 Å².